The van der Waals surface area contributed by atoms with E-state index in [1.54, 1.807) is 0 Å². The summed E-state index contributed by atoms with van der Waals surface area (Å²) >= 11 is 2.29. The topological polar surface area (TPSA) is 26.3 Å². The van der Waals surface area contributed by atoms with E-state index < -0.39 is 0 Å². The van der Waals surface area contributed by atoms with Crippen molar-refractivity contribution >= 4 is 28.6 Å². The number of hydrogen-bond donors (Lipinski definition) is 0. The highest BCUT2D eigenvalue weighted by molar-refractivity contribution is 14.1. The zero-order chi connectivity index (χ0) is 12.0. The van der Waals surface area contributed by atoms with Gasteiger partial charge in [0.15, 0.2) is 0 Å². The third-order valence-electron chi connectivity index (χ3n) is 2.53. The first-order chi connectivity index (χ1) is 7.63. The molecule has 3 heteroatoms. The van der Waals surface area contributed by atoms with Gasteiger partial charge in [-0.1, -0.05) is 19.1 Å². The second kappa shape index (κ2) is 6.89. The first-order valence-corrected chi connectivity index (χ1v) is 6.62. The minimum atomic E-state index is -0.0974. The summed E-state index contributed by atoms with van der Waals surface area (Å²) in [7, 11) is 0. The standard InChI is InChI=1S/C13H17IO2/c1-3-16-13(15)9-4-10(2)11-5-7-12(14)8-6-11/h5-8,10H,3-4,9H2,1-2H3/t10-/m0/s1. The molecule has 0 radical (unpaired) electrons. The van der Waals surface area contributed by atoms with E-state index in [-0.39, 0.29) is 5.97 Å². The van der Waals surface area contributed by atoms with Crippen molar-refractivity contribution in [2.24, 2.45) is 0 Å². The van der Waals surface area contributed by atoms with Crippen LogP contribution in [0.3, 0.4) is 0 Å². The van der Waals surface area contributed by atoms with Crippen LogP contribution >= 0.6 is 22.6 Å². The summed E-state index contributed by atoms with van der Waals surface area (Å²) in [6, 6.07) is 8.43. The Balaban J connectivity index is 2.43. The zero-order valence-corrected chi connectivity index (χ0v) is 11.9. The van der Waals surface area contributed by atoms with Crippen molar-refractivity contribution in [1.82, 2.24) is 0 Å². The van der Waals surface area contributed by atoms with Gasteiger partial charge in [0.05, 0.1) is 6.61 Å². The van der Waals surface area contributed by atoms with Crippen LogP contribution < -0.4 is 0 Å². The highest BCUT2D eigenvalue weighted by atomic mass is 127. The van der Waals surface area contributed by atoms with Crippen molar-refractivity contribution in [2.75, 3.05) is 6.61 Å². The predicted octanol–water partition coefficient (Wildman–Crippen LogP) is 3.74. The molecule has 1 rings (SSSR count). The molecule has 0 heterocycles. The zero-order valence-electron chi connectivity index (χ0n) is 9.70. The SMILES string of the molecule is CCOC(=O)CC[C@H](C)c1ccc(I)cc1. The molecule has 0 aromatic heterocycles. The van der Waals surface area contributed by atoms with Crippen molar-refractivity contribution < 1.29 is 9.53 Å². The molecule has 1 aromatic rings. The lowest BCUT2D eigenvalue weighted by Crippen LogP contribution is -2.05. The summed E-state index contributed by atoms with van der Waals surface area (Å²) < 4.78 is 6.14. The number of halogens is 1. The van der Waals surface area contributed by atoms with Crippen LogP contribution in [-0.2, 0) is 9.53 Å². The lowest BCUT2D eigenvalue weighted by molar-refractivity contribution is -0.143. The quantitative estimate of drug-likeness (QED) is 0.607. The summed E-state index contributed by atoms with van der Waals surface area (Å²) in [5.74, 6) is 0.307. The van der Waals surface area contributed by atoms with Crippen LogP contribution in [0.4, 0.5) is 0 Å². The van der Waals surface area contributed by atoms with Gasteiger partial charge in [-0.25, -0.2) is 0 Å². The fraction of sp³-hybridized carbons (Fsp3) is 0.462. The number of rotatable bonds is 5. The van der Waals surface area contributed by atoms with E-state index in [9.17, 15) is 4.79 Å². The molecule has 0 saturated heterocycles. The normalized spacial score (nSPS) is 12.2. The Morgan fingerprint density at radius 2 is 2.00 bits per heavy atom. The Morgan fingerprint density at radius 1 is 1.38 bits per heavy atom. The van der Waals surface area contributed by atoms with E-state index in [0.29, 0.717) is 18.9 Å². The number of hydrogen-bond acceptors (Lipinski definition) is 2. The summed E-state index contributed by atoms with van der Waals surface area (Å²) in [6.45, 7) is 4.44. The Bertz CT molecular complexity index is 332. The maximum Gasteiger partial charge on any atom is 0.305 e. The smallest absolute Gasteiger partial charge is 0.305 e. The highest BCUT2D eigenvalue weighted by Gasteiger charge is 2.09. The maximum atomic E-state index is 11.2. The van der Waals surface area contributed by atoms with Gasteiger partial charge in [0, 0.05) is 9.99 Å². The van der Waals surface area contributed by atoms with Gasteiger partial charge < -0.3 is 4.74 Å². The molecule has 0 unspecified atom stereocenters. The molecule has 0 bridgehead atoms. The van der Waals surface area contributed by atoms with Crippen LogP contribution in [0, 0.1) is 3.57 Å². The average Bonchev–Trinajstić information content (AvgIpc) is 2.27. The van der Waals surface area contributed by atoms with Crippen molar-refractivity contribution in [3.05, 3.63) is 33.4 Å². The number of carbonyl (C=O) groups is 1. The molecule has 2 nitrogen and oxygen atoms in total. The second-order valence-electron chi connectivity index (χ2n) is 3.80. The lowest BCUT2D eigenvalue weighted by atomic mass is 9.96. The average molecular weight is 332 g/mol. The summed E-state index contributed by atoms with van der Waals surface area (Å²) in [4.78, 5) is 11.2. The Morgan fingerprint density at radius 3 is 2.56 bits per heavy atom. The summed E-state index contributed by atoms with van der Waals surface area (Å²) in [6.07, 6.45) is 1.35. The predicted molar refractivity (Wildman–Crippen MR) is 73.4 cm³/mol. The van der Waals surface area contributed by atoms with Gasteiger partial charge in [-0.3, -0.25) is 4.79 Å². The third kappa shape index (κ3) is 4.51. The molecule has 1 atom stereocenters. The Kier molecular flexibility index (Phi) is 5.80. The fourth-order valence-corrected chi connectivity index (χ4v) is 1.89. The molecule has 0 aliphatic rings. The molecule has 16 heavy (non-hydrogen) atoms. The molecule has 0 aliphatic heterocycles. The van der Waals surface area contributed by atoms with Gasteiger partial charge in [0.1, 0.15) is 0 Å². The third-order valence-corrected chi connectivity index (χ3v) is 3.25. The van der Waals surface area contributed by atoms with Crippen LogP contribution in [0.2, 0.25) is 0 Å². The minimum Gasteiger partial charge on any atom is -0.466 e. The first-order valence-electron chi connectivity index (χ1n) is 5.54. The van der Waals surface area contributed by atoms with Gasteiger partial charge in [0.25, 0.3) is 0 Å². The Labute approximate surface area is 111 Å². The van der Waals surface area contributed by atoms with Crippen LogP contribution in [0.15, 0.2) is 24.3 Å². The molecule has 1 aromatic carbocycles. The first kappa shape index (κ1) is 13.5. The molecule has 0 amide bonds. The van der Waals surface area contributed by atoms with Gasteiger partial charge in [0.2, 0.25) is 0 Å². The monoisotopic (exact) mass is 332 g/mol. The molecule has 88 valence electrons. The summed E-state index contributed by atoms with van der Waals surface area (Å²) in [5.41, 5.74) is 1.28. The van der Waals surface area contributed by atoms with Crippen LogP contribution in [-0.4, -0.2) is 12.6 Å². The van der Waals surface area contributed by atoms with E-state index >= 15 is 0 Å². The molecule has 0 saturated carbocycles. The van der Waals surface area contributed by atoms with E-state index in [4.69, 9.17) is 4.74 Å². The van der Waals surface area contributed by atoms with Gasteiger partial charge in [-0.2, -0.15) is 0 Å². The van der Waals surface area contributed by atoms with Crippen LogP contribution in [0.25, 0.3) is 0 Å². The summed E-state index contributed by atoms with van der Waals surface area (Å²) in [5, 5.41) is 0. The number of benzene rings is 1. The fourth-order valence-electron chi connectivity index (χ4n) is 1.53. The number of carbonyl (C=O) groups excluding carboxylic acids is 1. The maximum absolute atomic E-state index is 11.2. The van der Waals surface area contributed by atoms with Crippen LogP contribution in [0.5, 0.6) is 0 Å². The van der Waals surface area contributed by atoms with E-state index in [0.717, 1.165) is 6.42 Å². The molecular weight excluding hydrogens is 315 g/mol. The van der Waals surface area contributed by atoms with E-state index in [1.807, 2.05) is 6.92 Å². The number of esters is 1. The van der Waals surface area contributed by atoms with Gasteiger partial charge in [-0.15, -0.1) is 0 Å². The van der Waals surface area contributed by atoms with Crippen molar-refractivity contribution in [3.8, 4) is 0 Å². The van der Waals surface area contributed by atoms with Crippen molar-refractivity contribution in [3.63, 3.8) is 0 Å². The van der Waals surface area contributed by atoms with Crippen LogP contribution in [0.1, 0.15) is 38.2 Å². The van der Waals surface area contributed by atoms with E-state index in [2.05, 4.69) is 53.8 Å². The molecule has 0 spiro atoms. The van der Waals surface area contributed by atoms with Gasteiger partial charge >= 0.3 is 5.97 Å². The molecule has 0 N–H and O–H groups in total. The highest BCUT2D eigenvalue weighted by Crippen LogP contribution is 2.21. The minimum absolute atomic E-state index is 0.0974. The molecule has 0 aliphatic carbocycles. The molecular formula is C13H17IO2. The van der Waals surface area contributed by atoms with Crippen molar-refractivity contribution in [2.45, 2.75) is 32.6 Å². The second-order valence-corrected chi connectivity index (χ2v) is 5.04. The van der Waals surface area contributed by atoms with E-state index in [1.165, 1.54) is 9.13 Å². The largest absolute Gasteiger partial charge is 0.466 e. The Hall–Kier alpha value is -0.580. The van der Waals surface area contributed by atoms with Crippen molar-refractivity contribution in [1.29, 1.82) is 0 Å². The molecule has 0 fully saturated rings. The number of ether oxygens (including phenoxy) is 1. The van der Waals surface area contributed by atoms with Gasteiger partial charge in [-0.05, 0) is 59.5 Å². The lowest BCUT2D eigenvalue weighted by Gasteiger charge is -2.11.